The molecule has 0 aliphatic carbocycles. The van der Waals surface area contributed by atoms with Crippen LogP contribution in [0, 0.1) is 0 Å². The Hall–Kier alpha value is -1.42. The van der Waals surface area contributed by atoms with E-state index in [1.165, 1.54) is 11.1 Å². The van der Waals surface area contributed by atoms with Crippen molar-refractivity contribution in [1.82, 2.24) is 4.90 Å². The molecule has 18 heavy (non-hydrogen) atoms. The predicted octanol–water partition coefficient (Wildman–Crippen LogP) is 3.74. The van der Waals surface area contributed by atoms with E-state index in [2.05, 4.69) is 42.2 Å². The van der Waals surface area contributed by atoms with Crippen LogP contribution in [0.25, 0.3) is 0 Å². The molecule has 1 amide bonds. The zero-order chi connectivity index (χ0) is 13.9. The molecule has 0 saturated carbocycles. The maximum Gasteiger partial charge on any atom is 0.213 e. The molecule has 0 spiro atoms. The lowest BCUT2D eigenvalue weighted by molar-refractivity contribution is -0.115. The Morgan fingerprint density at radius 2 is 1.50 bits per heavy atom. The molecule has 0 radical (unpaired) electrons. The third-order valence-electron chi connectivity index (χ3n) is 1.08. The largest absolute Gasteiger partial charge is 0.318 e. The average Bonchev–Trinajstić information content (AvgIpc) is 2.38. The molecule has 0 saturated heterocycles. The molecule has 4 heteroatoms. The second-order valence-corrected chi connectivity index (χ2v) is 3.05. The number of amides is 1. The summed E-state index contributed by atoms with van der Waals surface area (Å²) in [6.45, 7) is 14.1. The van der Waals surface area contributed by atoms with Crippen molar-refractivity contribution in [3.05, 3.63) is 50.7 Å². The van der Waals surface area contributed by atoms with Gasteiger partial charge in [-0.1, -0.05) is 48.2 Å². The summed E-state index contributed by atoms with van der Waals surface area (Å²) < 4.78 is 0. The first-order chi connectivity index (χ1) is 8.17. The quantitative estimate of drug-likeness (QED) is 0.407. The van der Waals surface area contributed by atoms with E-state index in [0.29, 0.717) is 19.4 Å². The fourth-order valence-corrected chi connectivity index (χ4v) is 0.378. The van der Waals surface area contributed by atoms with Crippen LogP contribution in [0.3, 0.4) is 0 Å². The van der Waals surface area contributed by atoms with Crippen LogP contribution in [0.4, 0.5) is 0 Å². The minimum absolute atomic E-state index is 0. The summed E-state index contributed by atoms with van der Waals surface area (Å²) in [4.78, 5) is 20.7. The van der Waals surface area contributed by atoms with Crippen molar-refractivity contribution in [3.8, 4) is 0 Å². The monoisotopic (exact) mass is 317 g/mol. The van der Waals surface area contributed by atoms with E-state index in [1.807, 2.05) is 0 Å². The van der Waals surface area contributed by atoms with Crippen LogP contribution >= 0.6 is 15.9 Å². The highest BCUT2D eigenvalue weighted by molar-refractivity contribution is 9.09. The highest BCUT2D eigenvalue weighted by atomic mass is 79.9. The van der Waals surface area contributed by atoms with Crippen LogP contribution in [-0.2, 0) is 9.59 Å². The fraction of sp³-hybridized carbons (Fsp3) is 0.286. The van der Waals surface area contributed by atoms with Gasteiger partial charge in [-0.25, -0.2) is 0 Å². The molecule has 104 valence electrons. The normalized spacial score (nSPS) is 6.50. The highest BCUT2D eigenvalue weighted by Gasteiger charge is 1.85. The third kappa shape index (κ3) is 36.5. The Balaban J connectivity index is -0.0000000855. The van der Waals surface area contributed by atoms with Crippen molar-refractivity contribution in [2.45, 2.75) is 13.8 Å². The molecule has 0 aromatic heterocycles. The molecule has 0 N–H and O–H groups in total. The highest BCUT2D eigenvalue weighted by Crippen LogP contribution is 1.79. The number of nitrogens with zero attached hydrogens (tertiary/aromatic N) is 1. The SMILES string of the molecule is C.C=CCBr.C=CCC=O.C=CCN(C=C)C=O. The molecule has 0 aromatic rings. The lowest BCUT2D eigenvalue weighted by atomic mass is 10.5. The molecule has 0 aromatic carbocycles. The van der Waals surface area contributed by atoms with Gasteiger partial charge >= 0.3 is 0 Å². The average molecular weight is 318 g/mol. The van der Waals surface area contributed by atoms with Gasteiger partial charge in [-0.2, -0.15) is 0 Å². The van der Waals surface area contributed by atoms with Gasteiger partial charge in [0.15, 0.2) is 0 Å². The van der Waals surface area contributed by atoms with Gasteiger partial charge in [0.1, 0.15) is 6.29 Å². The Labute approximate surface area is 120 Å². The molecule has 0 rings (SSSR count). The summed E-state index contributed by atoms with van der Waals surface area (Å²) in [6.07, 6.45) is 8.43. The maximum absolute atomic E-state index is 9.93. The standard InChI is InChI=1S/C6H9NO.C4H6O.C3H5Br.CH4/c1-3-5-7(4-2)6-8;1-2-3-4-5;1-2-3-4;/h3-4,6H,1-2,5H2;2,4H,1,3H2;2H,1,3H2;1H4. The number of halogens is 1. The number of alkyl halides is 1. The topological polar surface area (TPSA) is 37.4 Å². The van der Waals surface area contributed by atoms with Gasteiger partial charge < -0.3 is 9.69 Å². The smallest absolute Gasteiger partial charge is 0.213 e. The second kappa shape index (κ2) is 29.6. The second-order valence-electron chi connectivity index (χ2n) is 2.41. The van der Waals surface area contributed by atoms with Gasteiger partial charge in [0.05, 0.1) is 0 Å². The molecular formula is C14H24BrNO2. The first-order valence-corrected chi connectivity index (χ1v) is 5.96. The van der Waals surface area contributed by atoms with Crippen LogP contribution in [-0.4, -0.2) is 29.5 Å². The number of aldehydes is 1. The summed E-state index contributed by atoms with van der Waals surface area (Å²) in [5, 5.41) is 0.896. The van der Waals surface area contributed by atoms with E-state index < -0.39 is 0 Å². The number of allylic oxidation sites excluding steroid dienone is 2. The summed E-state index contributed by atoms with van der Waals surface area (Å²) >= 11 is 3.13. The van der Waals surface area contributed by atoms with Crippen LogP contribution < -0.4 is 0 Å². The van der Waals surface area contributed by atoms with E-state index in [9.17, 15) is 9.59 Å². The van der Waals surface area contributed by atoms with Gasteiger partial charge in [-0.15, -0.1) is 19.7 Å². The van der Waals surface area contributed by atoms with Gasteiger partial charge in [0.25, 0.3) is 0 Å². The molecule has 0 bridgehead atoms. The third-order valence-corrected chi connectivity index (χ3v) is 1.54. The minimum Gasteiger partial charge on any atom is -0.318 e. The van der Waals surface area contributed by atoms with Crippen molar-refractivity contribution in [1.29, 1.82) is 0 Å². The van der Waals surface area contributed by atoms with Crippen molar-refractivity contribution >= 4 is 28.6 Å². The van der Waals surface area contributed by atoms with Crippen molar-refractivity contribution in [2.24, 2.45) is 0 Å². The summed E-state index contributed by atoms with van der Waals surface area (Å²) in [7, 11) is 0. The molecule has 0 unspecified atom stereocenters. The first-order valence-electron chi connectivity index (χ1n) is 4.84. The predicted molar refractivity (Wildman–Crippen MR) is 84.8 cm³/mol. The summed E-state index contributed by atoms with van der Waals surface area (Å²) in [6, 6.07) is 0. The number of carbonyl (C=O) groups is 2. The van der Waals surface area contributed by atoms with E-state index >= 15 is 0 Å². The molecule has 0 heterocycles. The van der Waals surface area contributed by atoms with E-state index in [-0.39, 0.29) is 7.43 Å². The molecule has 0 fully saturated rings. The zero-order valence-corrected chi connectivity index (χ0v) is 11.6. The van der Waals surface area contributed by atoms with Crippen LogP contribution in [0.1, 0.15) is 13.8 Å². The number of carbonyl (C=O) groups excluding carboxylic acids is 2. The molecule has 0 aliphatic heterocycles. The zero-order valence-electron chi connectivity index (χ0n) is 10.1. The number of rotatable bonds is 7. The van der Waals surface area contributed by atoms with Crippen LogP contribution in [0.2, 0.25) is 0 Å². The Bertz CT molecular complexity index is 214. The fourth-order valence-electron chi connectivity index (χ4n) is 0.378. The molecule has 0 aliphatic rings. The number of hydrogen-bond acceptors (Lipinski definition) is 2. The van der Waals surface area contributed by atoms with E-state index in [0.717, 1.165) is 11.6 Å². The molecule has 3 nitrogen and oxygen atoms in total. The van der Waals surface area contributed by atoms with Crippen LogP contribution in [0.15, 0.2) is 50.7 Å². The molecule has 0 atom stereocenters. The van der Waals surface area contributed by atoms with Crippen molar-refractivity contribution < 1.29 is 9.59 Å². The maximum atomic E-state index is 9.93. The van der Waals surface area contributed by atoms with Crippen molar-refractivity contribution in [3.63, 3.8) is 0 Å². The number of hydrogen-bond donors (Lipinski definition) is 0. The summed E-state index contributed by atoms with van der Waals surface area (Å²) in [5.74, 6) is 0. The van der Waals surface area contributed by atoms with Crippen LogP contribution in [0.5, 0.6) is 0 Å². The molecular weight excluding hydrogens is 294 g/mol. The lowest BCUT2D eigenvalue weighted by Gasteiger charge is -2.05. The van der Waals surface area contributed by atoms with Gasteiger partial charge in [0, 0.05) is 18.3 Å². The first kappa shape index (κ1) is 25.4. The van der Waals surface area contributed by atoms with E-state index in [1.54, 1.807) is 18.2 Å². The van der Waals surface area contributed by atoms with Gasteiger partial charge in [0.2, 0.25) is 6.41 Å². The van der Waals surface area contributed by atoms with E-state index in [4.69, 9.17) is 0 Å². The van der Waals surface area contributed by atoms with Crippen molar-refractivity contribution in [2.75, 3.05) is 11.9 Å². The van der Waals surface area contributed by atoms with Gasteiger partial charge in [-0.3, -0.25) is 4.79 Å². The summed E-state index contributed by atoms with van der Waals surface area (Å²) in [5.41, 5.74) is 0. The minimum atomic E-state index is 0. The Kier molecular flexibility index (Phi) is 41.8. The Morgan fingerprint density at radius 3 is 1.56 bits per heavy atom. The van der Waals surface area contributed by atoms with Gasteiger partial charge in [-0.05, 0) is 6.20 Å². The Morgan fingerprint density at radius 1 is 1.00 bits per heavy atom. The lowest BCUT2D eigenvalue weighted by Crippen LogP contribution is -2.13.